The van der Waals surface area contributed by atoms with Gasteiger partial charge in [0, 0.05) is 59.9 Å². The lowest BCUT2D eigenvalue weighted by atomic mass is 9.86. The second-order valence-corrected chi connectivity index (χ2v) is 15.9. The Morgan fingerprint density at radius 1 is 0.860 bits per heavy atom. The highest BCUT2D eigenvalue weighted by Gasteiger charge is 2.23. The fraction of sp³-hybridized carbons (Fsp3) is 0.279. The van der Waals surface area contributed by atoms with E-state index in [9.17, 15) is 18.0 Å². The Bertz CT molecular complexity index is 2400. The molecule has 0 saturated carbocycles. The third-order valence-corrected chi connectivity index (χ3v) is 9.21. The van der Waals surface area contributed by atoms with Gasteiger partial charge in [-0.25, -0.2) is 13.2 Å². The number of benzene rings is 4. The summed E-state index contributed by atoms with van der Waals surface area (Å²) < 4.78 is 49.2. The number of carbonyl (C=O) groups is 2. The van der Waals surface area contributed by atoms with Gasteiger partial charge in [-0.05, 0) is 65.1 Å². The van der Waals surface area contributed by atoms with Gasteiger partial charge in [0.1, 0.15) is 11.5 Å². The van der Waals surface area contributed by atoms with Crippen molar-refractivity contribution in [2.24, 2.45) is 0 Å². The quantitative estimate of drug-likeness (QED) is 0.0592. The summed E-state index contributed by atoms with van der Waals surface area (Å²) in [4.78, 5) is 31.0. The van der Waals surface area contributed by atoms with E-state index in [1.165, 1.54) is 7.11 Å². The Balaban J connectivity index is 1.33. The smallest absolute Gasteiger partial charge is 0.323 e. The van der Waals surface area contributed by atoms with Crippen LogP contribution in [0.5, 0.6) is 17.2 Å². The maximum absolute atomic E-state index is 13.5. The summed E-state index contributed by atoms with van der Waals surface area (Å²) in [6.45, 7) is 7.56. The van der Waals surface area contributed by atoms with Crippen molar-refractivity contribution >= 4 is 49.8 Å². The summed E-state index contributed by atoms with van der Waals surface area (Å²) in [6, 6.07) is 22.7. The third kappa shape index (κ3) is 11.7. The van der Waals surface area contributed by atoms with Crippen molar-refractivity contribution < 1.29 is 37.0 Å². The van der Waals surface area contributed by atoms with Crippen molar-refractivity contribution in [3.63, 3.8) is 0 Å². The van der Waals surface area contributed by atoms with E-state index >= 15 is 0 Å². The Hall–Kier alpha value is -6.14. The number of rotatable bonds is 16. The van der Waals surface area contributed by atoms with Gasteiger partial charge >= 0.3 is 6.03 Å². The highest BCUT2D eigenvalue weighted by atomic mass is 32.2. The number of ether oxygens (including phenoxy) is 4. The topological polar surface area (TPSA) is 166 Å². The molecule has 0 aliphatic rings. The Morgan fingerprint density at radius 3 is 2.30 bits per heavy atom. The van der Waals surface area contributed by atoms with Gasteiger partial charge in [0.15, 0.2) is 5.75 Å². The number of aromatic nitrogens is 1. The van der Waals surface area contributed by atoms with Gasteiger partial charge in [-0.3, -0.25) is 14.5 Å². The van der Waals surface area contributed by atoms with E-state index in [-0.39, 0.29) is 28.4 Å². The molecule has 13 nitrogen and oxygen atoms in total. The average molecular weight is 794 g/mol. The van der Waals surface area contributed by atoms with Crippen LogP contribution in [0.4, 0.5) is 21.9 Å². The van der Waals surface area contributed by atoms with Gasteiger partial charge < -0.3 is 34.9 Å². The van der Waals surface area contributed by atoms with Crippen LogP contribution < -0.4 is 30.1 Å². The molecule has 5 rings (SSSR count). The number of pyridine rings is 1. The largest absolute Gasteiger partial charge is 0.492 e. The highest BCUT2D eigenvalue weighted by molar-refractivity contribution is 7.92. The van der Waals surface area contributed by atoms with Crippen LogP contribution in [0.1, 0.15) is 53.5 Å². The van der Waals surface area contributed by atoms with E-state index in [4.69, 9.17) is 25.4 Å². The van der Waals surface area contributed by atoms with Gasteiger partial charge in [-0.15, -0.1) is 6.42 Å². The van der Waals surface area contributed by atoms with E-state index in [1.807, 2.05) is 57.2 Å². The fourth-order valence-corrected chi connectivity index (χ4v) is 6.49. The van der Waals surface area contributed by atoms with Gasteiger partial charge in [-0.2, -0.15) is 0 Å². The molecule has 4 N–H and O–H groups in total. The van der Waals surface area contributed by atoms with Crippen LogP contribution in [-0.2, 0) is 31.3 Å². The lowest BCUT2D eigenvalue weighted by Crippen LogP contribution is -2.27. The number of fused-ring (bicyclic) bond motifs is 1. The molecule has 0 aliphatic heterocycles. The van der Waals surface area contributed by atoms with Crippen LogP contribution in [0.2, 0.25) is 0 Å². The highest BCUT2D eigenvalue weighted by Crippen LogP contribution is 2.40. The summed E-state index contributed by atoms with van der Waals surface area (Å²) in [5.74, 6) is 3.61. The van der Waals surface area contributed by atoms with E-state index < -0.39 is 16.1 Å². The normalized spacial score (nSPS) is 11.4. The maximum Gasteiger partial charge on any atom is 0.323 e. The van der Waals surface area contributed by atoms with Crippen molar-refractivity contribution in [1.82, 2.24) is 10.3 Å². The molecule has 4 aromatic carbocycles. The van der Waals surface area contributed by atoms with Crippen LogP contribution in [0.25, 0.3) is 10.8 Å². The second kappa shape index (κ2) is 18.7. The van der Waals surface area contributed by atoms with Crippen molar-refractivity contribution in [3.8, 4) is 29.6 Å². The number of amides is 3. The summed E-state index contributed by atoms with van der Waals surface area (Å²) in [7, 11) is -0.646. The molecule has 0 aliphatic carbocycles. The van der Waals surface area contributed by atoms with Crippen molar-refractivity contribution in [3.05, 3.63) is 113 Å². The van der Waals surface area contributed by atoms with E-state index in [1.54, 1.807) is 55.8 Å². The third-order valence-electron chi connectivity index (χ3n) is 8.62. The average Bonchev–Trinajstić information content (AvgIpc) is 3.16. The van der Waals surface area contributed by atoms with Gasteiger partial charge in [0.05, 0.1) is 50.2 Å². The molecule has 298 valence electrons. The summed E-state index contributed by atoms with van der Waals surface area (Å²) >= 11 is 0. The number of carbonyl (C=O) groups excluding carboxylic acids is 2. The molecule has 0 radical (unpaired) electrons. The summed E-state index contributed by atoms with van der Waals surface area (Å²) in [5.41, 5.74) is 3.92. The SMILES string of the molecule is C#Cc1cc(Cc2cc(Oc3ccc(NC(=O)Nc4cc(C(C)(C)C)cc(NS(C)(=O)=O)c4OC)c4ccccc34)ccn2)cc(C(=O)NCCOCCOC)c1. The molecule has 3 amide bonds. The minimum Gasteiger partial charge on any atom is -0.492 e. The Kier molecular flexibility index (Phi) is 13.8. The van der Waals surface area contributed by atoms with Gasteiger partial charge in [0.25, 0.3) is 5.91 Å². The maximum atomic E-state index is 13.5. The van der Waals surface area contributed by atoms with Crippen molar-refractivity contribution in [2.45, 2.75) is 32.6 Å². The molecule has 0 atom stereocenters. The minimum atomic E-state index is -3.65. The molecule has 14 heteroatoms. The number of sulfonamides is 1. The first kappa shape index (κ1) is 42.0. The Morgan fingerprint density at radius 2 is 1.60 bits per heavy atom. The van der Waals surface area contributed by atoms with Gasteiger partial charge in [0.2, 0.25) is 10.0 Å². The predicted molar refractivity (Wildman–Crippen MR) is 223 cm³/mol. The van der Waals surface area contributed by atoms with Crippen LogP contribution in [-0.4, -0.2) is 72.2 Å². The number of hydrogen-bond donors (Lipinski definition) is 4. The number of anilines is 3. The van der Waals surface area contributed by atoms with Crippen LogP contribution in [0.15, 0.2) is 85.1 Å². The number of hydrogen-bond acceptors (Lipinski definition) is 9. The van der Waals surface area contributed by atoms with E-state index in [0.717, 1.165) is 22.8 Å². The zero-order valence-electron chi connectivity index (χ0n) is 32.8. The fourth-order valence-electron chi connectivity index (χ4n) is 5.94. The number of nitrogens with one attached hydrogen (secondary N) is 4. The van der Waals surface area contributed by atoms with E-state index in [2.05, 4.69) is 31.6 Å². The van der Waals surface area contributed by atoms with Crippen LogP contribution in [0.3, 0.4) is 0 Å². The summed E-state index contributed by atoms with van der Waals surface area (Å²) in [6.07, 6.45) is 8.82. The molecule has 5 aromatic rings. The summed E-state index contributed by atoms with van der Waals surface area (Å²) in [5, 5.41) is 10.1. The minimum absolute atomic E-state index is 0.166. The number of nitrogens with zero attached hydrogens (tertiary/aromatic N) is 1. The zero-order chi connectivity index (χ0) is 41.2. The molecule has 0 unspecified atom stereocenters. The first-order valence-electron chi connectivity index (χ1n) is 18.1. The Labute approximate surface area is 333 Å². The molecule has 0 fully saturated rings. The molecule has 1 aromatic heterocycles. The molecule has 1 heterocycles. The first-order valence-corrected chi connectivity index (χ1v) is 19.9. The van der Waals surface area contributed by atoms with Gasteiger partial charge in [-0.1, -0.05) is 51.0 Å². The predicted octanol–water partition coefficient (Wildman–Crippen LogP) is 7.31. The lowest BCUT2D eigenvalue weighted by Gasteiger charge is -2.24. The second-order valence-electron chi connectivity index (χ2n) is 14.2. The van der Waals surface area contributed by atoms with Crippen molar-refractivity contribution in [1.29, 1.82) is 0 Å². The van der Waals surface area contributed by atoms with Crippen LogP contribution in [0, 0.1) is 12.3 Å². The number of urea groups is 1. The molecular formula is C43H47N5O8S. The monoisotopic (exact) mass is 793 g/mol. The standard InChI is InChI=1S/C43H47N5O8S/c1-8-28-21-29(23-30(22-28)41(49)45-17-18-55-20-19-53-5)24-32-27-33(15-16-44-32)56-39-14-13-36(34-11-9-10-12-35(34)39)46-42(50)47-37-25-31(43(2,3)4)26-38(40(37)54-6)48-57(7,51)52/h1,9-16,21-23,25-27,48H,17-20,24H2,2-7H3,(H,45,49)(H2,46,47,50). The molecule has 57 heavy (non-hydrogen) atoms. The van der Waals surface area contributed by atoms with Crippen LogP contribution >= 0.6 is 0 Å². The number of terminal acetylenes is 1. The van der Waals surface area contributed by atoms with E-state index in [0.29, 0.717) is 72.2 Å². The lowest BCUT2D eigenvalue weighted by molar-refractivity contribution is 0.0692. The van der Waals surface area contributed by atoms with Crippen molar-refractivity contribution in [2.75, 3.05) is 62.2 Å². The molecule has 0 saturated heterocycles. The molecular weight excluding hydrogens is 747 g/mol. The molecule has 0 bridgehead atoms. The number of methoxy groups -OCH3 is 2. The first-order chi connectivity index (χ1) is 27.2. The zero-order valence-corrected chi connectivity index (χ0v) is 33.6. The molecule has 0 spiro atoms.